The molecule has 104 valence electrons. The van der Waals surface area contributed by atoms with Gasteiger partial charge in [-0.25, -0.2) is 0 Å². The number of carbonyl (C=O) groups excluding carboxylic acids is 1. The summed E-state index contributed by atoms with van der Waals surface area (Å²) in [5.41, 5.74) is 5.20. The van der Waals surface area contributed by atoms with E-state index in [1.54, 1.807) is 0 Å². The lowest BCUT2D eigenvalue weighted by Crippen LogP contribution is -2.61. The molecule has 1 amide bonds. The molecule has 0 unspecified atom stereocenters. The monoisotopic (exact) mass is 256 g/mol. The zero-order valence-corrected chi connectivity index (χ0v) is 11.5. The lowest BCUT2D eigenvalue weighted by Gasteiger charge is -2.41. The number of hydrogen-bond donors (Lipinski definition) is 2. The summed E-state index contributed by atoms with van der Waals surface area (Å²) in [6.07, 6.45) is 2.60. The van der Waals surface area contributed by atoms with Crippen molar-refractivity contribution in [3.63, 3.8) is 0 Å². The van der Waals surface area contributed by atoms with Crippen molar-refractivity contribution in [2.45, 2.75) is 63.3 Å². The van der Waals surface area contributed by atoms with E-state index in [9.17, 15) is 4.79 Å². The van der Waals surface area contributed by atoms with Crippen LogP contribution in [0.1, 0.15) is 46.5 Å². The largest absolute Gasteiger partial charge is 0.350 e. The molecular weight excluding hydrogens is 232 g/mol. The van der Waals surface area contributed by atoms with Crippen molar-refractivity contribution in [1.29, 1.82) is 0 Å². The van der Waals surface area contributed by atoms with Crippen molar-refractivity contribution in [1.82, 2.24) is 5.32 Å². The number of hydrogen-bond acceptors (Lipinski definition) is 4. The molecule has 0 bridgehead atoms. The van der Waals surface area contributed by atoms with Gasteiger partial charge in [0.2, 0.25) is 5.91 Å². The van der Waals surface area contributed by atoms with E-state index in [-0.39, 0.29) is 11.4 Å². The van der Waals surface area contributed by atoms with E-state index >= 15 is 0 Å². The molecule has 2 rings (SSSR count). The van der Waals surface area contributed by atoms with Crippen LogP contribution in [0.25, 0.3) is 0 Å². The Balaban J connectivity index is 1.96. The van der Waals surface area contributed by atoms with Gasteiger partial charge in [-0.1, -0.05) is 0 Å². The van der Waals surface area contributed by atoms with Gasteiger partial charge in [0, 0.05) is 18.4 Å². The van der Waals surface area contributed by atoms with Crippen LogP contribution in [-0.4, -0.2) is 36.0 Å². The van der Waals surface area contributed by atoms with Crippen molar-refractivity contribution in [3.05, 3.63) is 0 Å². The summed E-state index contributed by atoms with van der Waals surface area (Å²) in [5.74, 6) is -0.534. The van der Waals surface area contributed by atoms with Gasteiger partial charge < -0.3 is 20.5 Å². The summed E-state index contributed by atoms with van der Waals surface area (Å²) in [6, 6.07) is 0. The van der Waals surface area contributed by atoms with Crippen LogP contribution in [0.4, 0.5) is 0 Å². The second-order valence-corrected chi connectivity index (χ2v) is 6.47. The Kier molecular flexibility index (Phi) is 3.42. The SMILES string of the molecule is CC(C)(C)NC(=O)C1(N)CCC2(CC1)OCCO2. The lowest BCUT2D eigenvalue weighted by molar-refractivity contribution is -0.185. The minimum Gasteiger partial charge on any atom is -0.350 e. The van der Waals surface area contributed by atoms with Gasteiger partial charge in [0.1, 0.15) is 0 Å². The number of amides is 1. The Morgan fingerprint density at radius 3 is 2.06 bits per heavy atom. The number of nitrogens with one attached hydrogen (secondary N) is 1. The average Bonchev–Trinajstić information content (AvgIpc) is 2.70. The van der Waals surface area contributed by atoms with E-state index in [0.29, 0.717) is 38.9 Å². The van der Waals surface area contributed by atoms with Gasteiger partial charge in [-0.2, -0.15) is 0 Å². The third-order valence-corrected chi connectivity index (χ3v) is 3.66. The van der Waals surface area contributed by atoms with Crippen LogP contribution in [0.2, 0.25) is 0 Å². The van der Waals surface area contributed by atoms with Crippen molar-refractivity contribution in [2.75, 3.05) is 13.2 Å². The van der Waals surface area contributed by atoms with E-state index in [1.165, 1.54) is 0 Å². The maximum Gasteiger partial charge on any atom is 0.240 e. The van der Waals surface area contributed by atoms with Crippen LogP contribution in [0, 0.1) is 0 Å². The topological polar surface area (TPSA) is 73.6 Å². The van der Waals surface area contributed by atoms with Gasteiger partial charge in [-0.05, 0) is 33.6 Å². The summed E-state index contributed by atoms with van der Waals surface area (Å²) in [4.78, 5) is 12.2. The van der Waals surface area contributed by atoms with Gasteiger partial charge in [0.15, 0.2) is 5.79 Å². The van der Waals surface area contributed by atoms with Crippen molar-refractivity contribution in [3.8, 4) is 0 Å². The van der Waals surface area contributed by atoms with E-state index in [2.05, 4.69) is 5.32 Å². The smallest absolute Gasteiger partial charge is 0.240 e. The first-order valence-electron chi connectivity index (χ1n) is 6.64. The van der Waals surface area contributed by atoms with Crippen molar-refractivity contribution < 1.29 is 14.3 Å². The highest BCUT2D eigenvalue weighted by molar-refractivity contribution is 5.86. The van der Waals surface area contributed by atoms with Gasteiger partial charge >= 0.3 is 0 Å². The van der Waals surface area contributed by atoms with E-state index in [4.69, 9.17) is 15.2 Å². The van der Waals surface area contributed by atoms with Crippen molar-refractivity contribution >= 4 is 5.91 Å². The highest BCUT2D eigenvalue weighted by Gasteiger charge is 2.48. The van der Waals surface area contributed by atoms with Crippen LogP contribution >= 0.6 is 0 Å². The van der Waals surface area contributed by atoms with Crippen LogP contribution in [0.3, 0.4) is 0 Å². The molecule has 1 aliphatic carbocycles. The molecule has 3 N–H and O–H groups in total. The normalized spacial score (nSPS) is 26.2. The predicted molar refractivity (Wildman–Crippen MR) is 67.9 cm³/mol. The fourth-order valence-electron chi connectivity index (χ4n) is 2.55. The summed E-state index contributed by atoms with van der Waals surface area (Å²) < 4.78 is 11.3. The van der Waals surface area contributed by atoms with Crippen LogP contribution < -0.4 is 11.1 Å². The Hall–Kier alpha value is -0.650. The molecule has 5 heteroatoms. The molecule has 5 nitrogen and oxygen atoms in total. The number of ether oxygens (including phenoxy) is 2. The molecule has 0 radical (unpaired) electrons. The first-order valence-corrected chi connectivity index (χ1v) is 6.64. The second kappa shape index (κ2) is 4.47. The molecule has 0 aromatic heterocycles. The molecule has 1 saturated carbocycles. The third-order valence-electron chi connectivity index (χ3n) is 3.66. The average molecular weight is 256 g/mol. The minimum absolute atomic E-state index is 0.0668. The summed E-state index contributed by atoms with van der Waals surface area (Å²) >= 11 is 0. The predicted octanol–water partition coefficient (Wildman–Crippen LogP) is 0.916. The first kappa shape index (κ1) is 13.8. The highest BCUT2D eigenvalue weighted by atomic mass is 16.7. The molecule has 0 aromatic rings. The second-order valence-electron chi connectivity index (χ2n) is 6.47. The molecule has 1 spiro atoms. The fraction of sp³-hybridized carbons (Fsp3) is 0.923. The van der Waals surface area contributed by atoms with Gasteiger partial charge in [-0.15, -0.1) is 0 Å². The molecule has 18 heavy (non-hydrogen) atoms. The standard InChI is InChI=1S/C13H24N2O3/c1-11(2,3)15-10(16)12(14)4-6-13(7-5-12)17-8-9-18-13/h4-9,14H2,1-3H3,(H,15,16). The fourth-order valence-corrected chi connectivity index (χ4v) is 2.55. The molecule has 1 saturated heterocycles. The number of rotatable bonds is 1. The molecule has 1 heterocycles. The first-order chi connectivity index (χ1) is 8.25. The molecule has 1 aliphatic heterocycles. The van der Waals surface area contributed by atoms with Crippen molar-refractivity contribution in [2.24, 2.45) is 5.73 Å². The summed E-state index contributed by atoms with van der Waals surface area (Å²) in [6.45, 7) is 7.17. The Morgan fingerprint density at radius 1 is 1.11 bits per heavy atom. The zero-order valence-electron chi connectivity index (χ0n) is 11.5. The van der Waals surface area contributed by atoms with Gasteiger partial charge in [-0.3, -0.25) is 4.79 Å². The number of nitrogens with two attached hydrogens (primary N) is 1. The molecule has 0 aromatic carbocycles. The summed E-state index contributed by atoms with van der Waals surface area (Å²) in [7, 11) is 0. The van der Waals surface area contributed by atoms with Gasteiger partial charge in [0.25, 0.3) is 0 Å². The van der Waals surface area contributed by atoms with Crippen LogP contribution in [0.5, 0.6) is 0 Å². The lowest BCUT2D eigenvalue weighted by atomic mass is 9.78. The molecular formula is C13H24N2O3. The minimum atomic E-state index is -0.784. The van der Waals surface area contributed by atoms with Crippen LogP contribution in [-0.2, 0) is 14.3 Å². The quantitative estimate of drug-likeness (QED) is 0.731. The molecule has 2 fully saturated rings. The van der Waals surface area contributed by atoms with E-state index < -0.39 is 11.3 Å². The zero-order chi connectivity index (χ0) is 13.4. The Morgan fingerprint density at radius 2 is 1.61 bits per heavy atom. The van der Waals surface area contributed by atoms with E-state index in [0.717, 1.165) is 0 Å². The molecule has 2 aliphatic rings. The maximum absolute atomic E-state index is 12.2. The van der Waals surface area contributed by atoms with Crippen LogP contribution in [0.15, 0.2) is 0 Å². The highest BCUT2D eigenvalue weighted by Crippen LogP contribution is 2.39. The van der Waals surface area contributed by atoms with E-state index in [1.807, 2.05) is 20.8 Å². The summed E-state index contributed by atoms with van der Waals surface area (Å²) in [5, 5.41) is 2.96. The Labute approximate surface area is 108 Å². The number of carbonyl (C=O) groups is 1. The molecule has 0 atom stereocenters. The third kappa shape index (κ3) is 2.84. The maximum atomic E-state index is 12.2. The Bertz CT molecular complexity index is 320. The van der Waals surface area contributed by atoms with Gasteiger partial charge in [0.05, 0.1) is 18.8 Å².